The van der Waals surface area contributed by atoms with E-state index in [9.17, 15) is 4.79 Å². The molecular weight excluding hydrogens is 240 g/mol. The monoisotopic (exact) mass is 252 g/mol. The summed E-state index contributed by atoms with van der Waals surface area (Å²) in [5.41, 5.74) is 2.00. The zero-order chi connectivity index (χ0) is 13.1. The topological polar surface area (TPSA) is 70.7 Å². The molecule has 19 heavy (non-hydrogen) atoms. The first-order valence-electron chi connectivity index (χ1n) is 5.94. The molecule has 94 valence electrons. The van der Waals surface area contributed by atoms with Crippen LogP contribution in [0.15, 0.2) is 49.1 Å². The number of hydrogen-bond acceptors (Lipinski definition) is 3. The highest BCUT2D eigenvalue weighted by Gasteiger charge is 2.09. The van der Waals surface area contributed by atoms with E-state index < -0.39 is 0 Å². The van der Waals surface area contributed by atoms with Crippen LogP contribution < -0.4 is 5.32 Å². The Labute approximate surface area is 109 Å². The van der Waals surface area contributed by atoms with E-state index in [0.29, 0.717) is 12.2 Å². The molecule has 1 amide bonds. The van der Waals surface area contributed by atoms with Crippen molar-refractivity contribution in [3.05, 3.63) is 54.6 Å². The highest BCUT2D eigenvalue weighted by atomic mass is 16.1. The summed E-state index contributed by atoms with van der Waals surface area (Å²) in [7, 11) is 0. The van der Waals surface area contributed by atoms with Gasteiger partial charge in [0.25, 0.3) is 0 Å². The van der Waals surface area contributed by atoms with Crippen LogP contribution in [0.25, 0.3) is 10.9 Å². The molecule has 0 spiro atoms. The molecule has 1 aromatic carbocycles. The van der Waals surface area contributed by atoms with Crippen LogP contribution in [0.4, 0.5) is 5.82 Å². The first-order valence-corrected chi connectivity index (χ1v) is 5.94. The normalized spacial score (nSPS) is 10.5. The molecule has 0 radical (unpaired) electrons. The van der Waals surface area contributed by atoms with E-state index in [1.54, 1.807) is 12.4 Å². The largest absolute Gasteiger partial charge is 0.361 e. The number of rotatable bonds is 3. The maximum atomic E-state index is 11.9. The van der Waals surface area contributed by atoms with E-state index in [0.717, 1.165) is 16.5 Å². The molecule has 0 aliphatic heterocycles. The van der Waals surface area contributed by atoms with Crippen molar-refractivity contribution in [1.29, 1.82) is 0 Å². The number of carbonyl (C=O) groups excluding carboxylic acids is 1. The fourth-order valence-corrected chi connectivity index (χ4v) is 2.00. The zero-order valence-corrected chi connectivity index (χ0v) is 10.1. The fraction of sp³-hybridized carbons (Fsp3) is 0.0714. The Morgan fingerprint density at radius 2 is 2.16 bits per heavy atom. The molecule has 0 bridgehead atoms. The van der Waals surface area contributed by atoms with Crippen LogP contribution in [0, 0.1) is 0 Å². The average molecular weight is 252 g/mol. The van der Waals surface area contributed by atoms with Crippen LogP contribution in [0.5, 0.6) is 0 Å². The van der Waals surface area contributed by atoms with Gasteiger partial charge < -0.3 is 10.3 Å². The minimum absolute atomic E-state index is 0.106. The fourth-order valence-electron chi connectivity index (χ4n) is 2.00. The number of carbonyl (C=O) groups is 1. The van der Waals surface area contributed by atoms with E-state index >= 15 is 0 Å². The van der Waals surface area contributed by atoms with E-state index in [4.69, 9.17) is 0 Å². The van der Waals surface area contributed by atoms with Crippen LogP contribution in [0.1, 0.15) is 5.56 Å². The molecule has 5 heteroatoms. The third-order valence-corrected chi connectivity index (χ3v) is 2.86. The van der Waals surface area contributed by atoms with Crippen LogP contribution in [-0.2, 0) is 11.2 Å². The third-order valence-electron chi connectivity index (χ3n) is 2.86. The van der Waals surface area contributed by atoms with Crippen molar-refractivity contribution in [2.45, 2.75) is 6.42 Å². The molecule has 3 rings (SSSR count). The van der Waals surface area contributed by atoms with Crippen molar-refractivity contribution >= 4 is 22.6 Å². The molecule has 2 N–H and O–H groups in total. The smallest absolute Gasteiger partial charge is 0.230 e. The van der Waals surface area contributed by atoms with Gasteiger partial charge in [-0.05, 0) is 11.6 Å². The minimum atomic E-state index is -0.106. The first-order chi connectivity index (χ1) is 9.33. The number of nitrogens with zero attached hydrogens (tertiary/aromatic N) is 2. The van der Waals surface area contributed by atoms with Crippen LogP contribution in [0.3, 0.4) is 0 Å². The Hall–Kier alpha value is -2.69. The van der Waals surface area contributed by atoms with Crippen molar-refractivity contribution in [3.8, 4) is 0 Å². The third kappa shape index (κ3) is 2.44. The molecule has 0 fully saturated rings. The number of anilines is 1. The van der Waals surface area contributed by atoms with Gasteiger partial charge in [-0.1, -0.05) is 18.2 Å². The Bertz CT molecular complexity index is 706. The quantitative estimate of drug-likeness (QED) is 0.750. The molecule has 0 aliphatic rings. The van der Waals surface area contributed by atoms with E-state index in [1.807, 2.05) is 30.5 Å². The average Bonchev–Trinajstić information content (AvgIpc) is 2.83. The summed E-state index contributed by atoms with van der Waals surface area (Å²) in [6.45, 7) is 0. The maximum Gasteiger partial charge on any atom is 0.230 e. The Kier molecular flexibility index (Phi) is 2.94. The minimum Gasteiger partial charge on any atom is -0.361 e. The molecule has 0 unspecified atom stereocenters. The number of amides is 1. The Morgan fingerprint density at radius 3 is 3.00 bits per heavy atom. The number of hydrogen-bond donors (Lipinski definition) is 2. The highest BCUT2D eigenvalue weighted by Crippen LogP contribution is 2.18. The number of fused-ring (bicyclic) bond motifs is 1. The molecule has 5 nitrogen and oxygen atoms in total. The summed E-state index contributed by atoms with van der Waals surface area (Å²) in [5, 5.41) is 3.78. The number of benzene rings is 1. The van der Waals surface area contributed by atoms with Gasteiger partial charge in [-0.2, -0.15) is 0 Å². The maximum absolute atomic E-state index is 11.9. The molecule has 0 atom stereocenters. The molecule has 0 aliphatic carbocycles. The summed E-state index contributed by atoms with van der Waals surface area (Å²) in [6.07, 6.45) is 6.80. The van der Waals surface area contributed by atoms with Crippen molar-refractivity contribution in [2.75, 3.05) is 5.32 Å². The van der Waals surface area contributed by atoms with Crippen LogP contribution >= 0.6 is 0 Å². The van der Waals surface area contributed by atoms with Crippen LogP contribution in [-0.4, -0.2) is 20.9 Å². The molecule has 0 saturated carbocycles. The van der Waals surface area contributed by atoms with Crippen molar-refractivity contribution in [3.63, 3.8) is 0 Å². The van der Waals surface area contributed by atoms with Crippen molar-refractivity contribution in [1.82, 2.24) is 15.0 Å². The van der Waals surface area contributed by atoms with Crippen molar-refractivity contribution in [2.24, 2.45) is 0 Å². The lowest BCUT2D eigenvalue weighted by atomic mass is 10.1. The van der Waals surface area contributed by atoms with E-state index in [-0.39, 0.29) is 5.91 Å². The summed E-state index contributed by atoms with van der Waals surface area (Å²) in [5.74, 6) is 0.359. The molecular formula is C14H12N4O. The number of aromatic amines is 1. The number of aromatic nitrogens is 3. The lowest BCUT2D eigenvalue weighted by molar-refractivity contribution is -0.115. The van der Waals surface area contributed by atoms with Gasteiger partial charge in [-0.15, -0.1) is 0 Å². The lowest BCUT2D eigenvalue weighted by Crippen LogP contribution is -2.15. The van der Waals surface area contributed by atoms with Gasteiger partial charge in [-0.3, -0.25) is 9.78 Å². The zero-order valence-electron chi connectivity index (χ0n) is 10.1. The van der Waals surface area contributed by atoms with Gasteiger partial charge in [0.1, 0.15) is 0 Å². The molecule has 0 saturated heterocycles. The number of nitrogens with one attached hydrogen (secondary N) is 2. The predicted octanol–water partition coefficient (Wildman–Crippen LogP) is 2.14. The van der Waals surface area contributed by atoms with Gasteiger partial charge >= 0.3 is 0 Å². The standard InChI is InChI=1S/C14H12N4O/c19-14(18-13-9-15-5-6-16-13)7-10-8-17-12-4-2-1-3-11(10)12/h1-6,8-9,17H,7H2,(H,16,18,19). The van der Waals surface area contributed by atoms with E-state index in [2.05, 4.69) is 20.3 Å². The summed E-state index contributed by atoms with van der Waals surface area (Å²) in [6, 6.07) is 7.90. The van der Waals surface area contributed by atoms with Gasteiger partial charge in [0.05, 0.1) is 12.6 Å². The number of para-hydroxylation sites is 1. The number of H-pyrrole nitrogens is 1. The van der Waals surface area contributed by atoms with Gasteiger partial charge in [-0.25, -0.2) is 4.98 Å². The summed E-state index contributed by atoms with van der Waals surface area (Å²) in [4.78, 5) is 23.0. The second kappa shape index (κ2) is 4.89. The Morgan fingerprint density at radius 1 is 1.26 bits per heavy atom. The summed E-state index contributed by atoms with van der Waals surface area (Å²) >= 11 is 0. The first kappa shape index (κ1) is 11.4. The predicted molar refractivity (Wildman–Crippen MR) is 72.7 cm³/mol. The Balaban J connectivity index is 1.76. The van der Waals surface area contributed by atoms with Gasteiger partial charge in [0.2, 0.25) is 5.91 Å². The molecule has 2 heterocycles. The second-order valence-corrected chi connectivity index (χ2v) is 4.18. The molecule has 2 aromatic heterocycles. The van der Waals surface area contributed by atoms with Crippen molar-refractivity contribution < 1.29 is 4.79 Å². The second-order valence-electron chi connectivity index (χ2n) is 4.18. The van der Waals surface area contributed by atoms with E-state index in [1.165, 1.54) is 6.20 Å². The SMILES string of the molecule is O=C(Cc1c[nH]c2ccccc12)Nc1cnccn1. The van der Waals surface area contributed by atoms with Crippen LogP contribution in [0.2, 0.25) is 0 Å². The van der Waals surface area contributed by atoms with Gasteiger partial charge in [0.15, 0.2) is 5.82 Å². The summed E-state index contributed by atoms with van der Waals surface area (Å²) < 4.78 is 0. The lowest BCUT2D eigenvalue weighted by Gasteiger charge is -2.02. The van der Waals surface area contributed by atoms with Gasteiger partial charge in [0, 0.05) is 29.5 Å². The highest BCUT2D eigenvalue weighted by molar-refractivity contribution is 5.95. The molecule has 3 aromatic rings.